The number of nitrogens with one attached hydrogen (secondary N) is 1. The van der Waals surface area contributed by atoms with E-state index in [-0.39, 0.29) is 29.1 Å². The molecule has 0 aliphatic carbocycles. The van der Waals surface area contributed by atoms with Gasteiger partial charge in [0, 0.05) is 5.56 Å². The van der Waals surface area contributed by atoms with Crippen molar-refractivity contribution in [3.05, 3.63) is 59.7 Å². The van der Waals surface area contributed by atoms with Crippen LogP contribution in [0.25, 0.3) is 0 Å². The highest BCUT2D eigenvalue weighted by Gasteiger charge is 2.41. The minimum absolute atomic E-state index is 0.0581. The predicted molar refractivity (Wildman–Crippen MR) is 68.3 cm³/mol. The van der Waals surface area contributed by atoms with Gasteiger partial charge in [-0.1, -0.05) is 30.3 Å². The Morgan fingerprint density at radius 3 is 2.32 bits per heavy atom. The number of phenolic OH excluding ortho intramolecular Hbond substituents is 2. The Morgan fingerprint density at radius 2 is 1.63 bits per heavy atom. The third kappa shape index (κ3) is 2.00. The largest absolute Gasteiger partial charge is 0.508 e. The number of carbonyl (C=O) groups excluding carboxylic acids is 1. The van der Waals surface area contributed by atoms with Crippen LogP contribution in [0.2, 0.25) is 0 Å². The molecule has 0 bridgehead atoms. The zero-order chi connectivity index (χ0) is 13.4. The van der Waals surface area contributed by atoms with E-state index in [9.17, 15) is 15.0 Å². The van der Waals surface area contributed by atoms with Crippen molar-refractivity contribution in [2.24, 2.45) is 0 Å². The predicted octanol–water partition coefficient (Wildman–Crippen LogP) is 1.76. The van der Waals surface area contributed by atoms with E-state index in [0.29, 0.717) is 5.56 Å². The maximum atomic E-state index is 12.1. The molecule has 1 aliphatic rings. The van der Waals surface area contributed by atoms with E-state index in [2.05, 4.69) is 5.43 Å². The molecule has 1 heterocycles. The van der Waals surface area contributed by atoms with E-state index >= 15 is 0 Å². The number of carbonyl (C=O) groups is 1. The van der Waals surface area contributed by atoms with Gasteiger partial charge in [0.1, 0.15) is 17.7 Å². The Labute approximate surface area is 109 Å². The first-order valence-corrected chi connectivity index (χ1v) is 5.84. The number of phenols is 2. The molecule has 1 saturated heterocycles. The lowest BCUT2D eigenvalue weighted by Crippen LogP contribution is -2.13. The first-order valence-electron chi connectivity index (χ1n) is 5.84. The number of rotatable bonds is 2. The van der Waals surface area contributed by atoms with Crippen LogP contribution in [0.1, 0.15) is 22.1 Å². The third-order valence-electron chi connectivity index (χ3n) is 3.04. The van der Waals surface area contributed by atoms with Crippen LogP contribution in [-0.2, 0) is 0 Å². The summed E-state index contributed by atoms with van der Waals surface area (Å²) >= 11 is 0. The van der Waals surface area contributed by atoms with Gasteiger partial charge in [-0.25, -0.2) is 10.4 Å². The van der Waals surface area contributed by atoms with Gasteiger partial charge in [0.15, 0.2) is 0 Å². The SMILES string of the molecule is O=C(c1ccccc1O)N1NC1c1ccccc1O. The molecule has 0 saturated carbocycles. The van der Waals surface area contributed by atoms with E-state index in [1.807, 2.05) is 0 Å². The zero-order valence-corrected chi connectivity index (χ0v) is 9.95. The molecule has 1 fully saturated rings. The van der Waals surface area contributed by atoms with Crippen LogP contribution in [0.5, 0.6) is 11.5 Å². The Hall–Kier alpha value is -2.53. The third-order valence-corrected chi connectivity index (χ3v) is 3.04. The van der Waals surface area contributed by atoms with Gasteiger partial charge in [0.25, 0.3) is 5.91 Å². The van der Waals surface area contributed by atoms with Gasteiger partial charge in [-0.05, 0) is 18.2 Å². The van der Waals surface area contributed by atoms with Crippen LogP contribution >= 0.6 is 0 Å². The molecule has 0 spiro atoms. The molecule has 1 aliphatic heterocycles. The molecule has 96 valence electrons. The van der Waals surface area contributed by atoms with Gasteiger partial charge in [-0.15, -0.1) is 0 Å². The molecule has 2 aromatic rings. The van der Waals surface area contributed by atoms with Crippen molar-refractivity contribution in [3.63, 3.8) is 0 Å². The van der Waals surface area contributed by atoms with Crippen molar-refractivity contribution >= 4 is 5.91 Å². The van der Waals surface area contributed by atoms with Gasteiger partial charge in [-0.3, -0.25) is 4.79 Å². The minimum atomic E-state index is -0.353. The molecule has 0 radical (unpaired) electrons. The zero-order valence-electron chi connectivity index (χ0n) is 9.95. The van der Waals surface area contributed by atoms with Crippen LogP contribution in [0.3, 0.4) is 0 Å². The number of hydrazine groups is 1. The summed E-state index contributed by atoms with van der Waals surface area (Å²) in [6.45, 7) is 0. The highest BCUT2D eigenvalue weighted by atomic mass is 16.3. The number of hydrogen-bond donors (Lipinski definition) is 3. The Bertz CT molecular complexity index is 642. The molecule has 1 amide bonds. The molecule has 1 atom stereocenters. The molecular formula is C14H12N2O3. The smallest absolute Gasteiger partial charge is 0.273 e. The van der Waals surface area contributed by atoms with E-state index < -0.39 is 0 Å². The lowest BCUT2D eigenvalue weighted by atomic mass is 10.1. The molecule has 19 heavy (non-hydrogen) atoms. The highest BCUT2D eigenvalue weighted by Crippen LogP contribution is 2.35. The van der Waals surface area contributed by atoms with Gasteiger partial charge in [-0.2, -0.15) is 0 Å². The van der Waals surface area contributed by atoms with E-state index in [4.69, 9.17) is 0 Å². The van der Waals surface area contributed by atoms with Crippen molar-refractivity contribution in [3.8, 4) is 11.5 Å². The number of benzene rings is 2. The van der Waals surface area contributed by atoms with E-state index in [1.165, 1.54) is 11.1 Å². The van der Waals surface area contributed by atoms with Crippen LogP contribution in [-0.4, -0.2) is 21.1 Å². The molecular weight excluding hydrogens is 244 g/mol. The van der Waals surface area contributed by atoms with E-state index in [1.54, 1.807) is 42.5 Å². The Balaban J connectivity index is 1.83. The molecule has 3 N–H and O–H groups in total. The van der Waals surface area contributed by atoms with Gasteiger partial charge in [0.05, 0.1) is 5.56 Å². The fraction of sp³-hybridized carbons (Fsp3) is 0.0714. The summed E-state index contributed by atoms with van der Waals surface area (Å²) in [5, 5.41) is 20.7. The monoisotopic (exact) mass is 256 g/mol. The van der Waals surface area contributed by atoms with Gasteiger partial charge >= 0.3 is 0 Å². The second kappa shape index (κ2) is 4.29. The maximum absolute atomic E-state index is 12.1. The summed E-state index contributed by atoms with van der Waals surface area (Å²) in [6, 6.07) is 13.2. The first-order chi connectivity index (χ1) is 9.18. The standard InChI is InChI=1S/C14H12N2O3/c17-11-7-3-1-5-9(11)13-15-16(13)14(19)10-6-2-4-8-12(10)18/h1-8,13,15,17-18H. The van der Waals surface area contributed by atoms with Crippen molar-refractivity contribution in [2.75, 3.05) is 0 Å². The van der Waals surface area contributed by atoms with Crippen LogP contribution < -0.4 is 5.43 Å². The second-order valence-corrected chi connectivity index (χ2v) is 4.28. The van der Waals surface area contributed by atoms with Crippen LogP contribution in [0.4, 0.5) is 0 Å². The molecule has 0 aromatic heterocycles. The first kappa shape index (κ1) is 11.6. The second-order valence-electron chi connectivity index (χ2n) is 4.28. The summed E-state index contributed by atoms with van der Waals surface area (Å²) in [6.07, 6.45) is -0.353. The fourth-order valence-electron chi connectivity index (χ4n) is 1.99. The highest BCUT2D eigenvalue weighted by molar-refractivity contribution is 5.97. The molecule has 3 rings (SSSR count). The number of nitrogens with zero attached hydrogens (tertiary/aromatic N) is 1. The number of hydrogen-bond acceptors (Lipinski definition) is 4. The average Bonchev–Trinajstić information content (AvgIpc) is 3.19. The van der Waals surface area contributed by atoms with Gasteiger partial charge < -0.3 is 10.2 Å². The molecule has 1 unspecified atom stereocenters. The average molecular weight is 256 g/mol. The molecule has 5 nitrogen and oxygen atoms in total. The van der Waals surface area contributed by atoms with Crippen molar-refractivity contribution in [2.45, 2.75) is 6.17 Å². The lowest BCUT2D eigenvalue weighted by molar-refractivity contribution is 0.0858. The normalized spacial score (nSPS) is 17.3. The summed E-state index contributed by atoms with van der Waals surface area (Å²) < 4.78 is 0. The Morgan fingerprint density at radius 1 is 1.00 bits per heavy atom. The van der Waals surface area contributed by atoms with Crippen molar-refractivity contribution < 1.29 is 15.0 Å². The number of amides is 1. The summed E-state index contributed by atoms with van der Waals surface area (Å²) in [4.78, 5) is 12.1. The lowest BCUT2D eigenvalue weighted by Gasteiger charge is -2.05. The quantitative estimate of drug-likeness (QED) is 0.715. The Kier molecular flexibility index (Phi) is 2.61. The fourth-order valence-corrected chi connectivity index (χ4v) is 1.99. The molecule has 2 aromatic carbocycles. The van der Waals surface area contributed by atoms with Crippen LogP contribution in [0.15, 0.2) is 48.5 Å². The van der Waals surface area contributed by atoms with Crippen molar-refractivity contribution in [1.29, 1.82) is 0 Å². The van der Waals surface area contributed by atoms with Crippen molar-refractivity contribution in [1.82, 2.24) is 10.4 Å². The summed E-state index contributed by atoms with van der Waals surface area (Å²) in [5.41, 5.74) is 3.72. The summed E-state index contributed by atoms with van der Waals surface area (Å²) in [7, 11) is 0. The van der Waals surface area contributed by atoms with E-state index in [0.717, 1.165) is 0 Å². The molecule has 5 heteroatoms. The summed E-state index contributed by atoms with van der Waals surface area (Å²) in [5.74, 6) is -0.254. The number of aromatic hydroxyl groups is 2. The topological polar surface area (TPSA) is 82.5 Å². The van der Waals surface area contributed by atoms with Gasteiger partial charge in [0.2, 0.25) is 0 Å². The maximum Gasteiger partial charge on any atom is 0.273 e. The minimum Gasteiger partial charge on any atom is -0.508 e. The number of para-hydroxylation sites is 2. The van der Waals surface area contributed by atoms with Crippen LogP contribution in [0, 0.1) is 0 Å².